The van der Waals surface area contributed by atoms with Crippen molar-refractivity contribution < 1.29 is 33.2 Å². The maximum Gasteiger partial charge on any atom is 0.373 e. The SMILES string of the molecule is C=CCOc1c(/C=C2\NC(=O)N(Cc3ccc(C(=O)OC)o3)C2=O)cc(Br)cc1[N+](=O)[O-]. The van der Waals surface area contributed by atoms with Crippen LogP contribution in [0.3, 0.4) is 0 Å². The minimum Gasteiger partial charge on any atom is -0.482 e. The van der Waals surface area contributed by atoms with Gasteiger partial charge in [-0.3, -0.25) is 19.8 Å². The van der Waals surface area contributed by atoms with Gasteiger partial charge in [-0.1, -0.05) is 28.6 Å². The Hall–Kier alpha value is -3.93. The number of esters is 1. The van der Waals surface area contributed by atoms with Crippen molar-refractivity contribution in [3.63, 3.8) is 0 Å². The van der Waals surface area contributed by atoms with E-state index in [1.165, 1.54) is 43.5 Å². The average Bonchev–Trinajstić information content (AvgIpc) is 3.32. The predicted molar refractivity (Wildman–Crippen MR) is 114 cm³/mol. The summed E-state index contributed by atoms with van der Waals surface area (Å²) in [6.45, 7) is 3.27. The van der Waals surface area contributed by atoms with Crippen molar-refractivity contribution in [1.29, 1.82) is 0 Å². The molecule has 1 aromatic carbocycles. The number of nitro benzene ring substituents is 1. The van der Waals surface area contributed by atoms with Crippen LogP contribution in [0, 0.1) is 10.1 Å². The molecular weight excluding hydrogens is 490 g/mol. The van der Waals surface area contributed by atoms with E-state index in [9.17, 15) is 24.5 Å². The third-order valence-electron chi connectivity index (χ3n) is 4.23. The summed E-state index contributed by atoms with van der Waals surface area (Å²) in [6, 6.07) is 4.84. The smallest absolute Gasteiger partial charge is 0.373 e. The Morgan fingerprint density at radius 3 is 2.78 bits per heavy atom. The van der Waals surface area contributed by atoms with Gasteiger partial charge in [0.25, 0.3) is 5.91 Å². The van der Waals surface area contributed by atoms with Crippen molar-refractivity contribution in [2.24, 2.45) is 0 Å². The third-order valence-corrected chi connectivity index (χ3v) is 4.69. The number of urea groups is 1. The van der Waals surface area contributed by atoms with Crippen LogP contribution in [-0.2, 0) is 16.1 Å². The monoisotopic (exact) mass is 505 g/mol. The molecule has 0 bridgehead atoms. The number of nitrogens with zero attached hydrogens (tertiary/aromatic N) is 2. The van der Waals surface area contributed by atoms with Gasteiger partial charge in [0, 0.05) is 16.1 Å². The summed E-state index contributed by atoms with van der Waals surface area (Å²) in [6.07, 6.45) is 2.69. The Bertz CT molecular complexity index is 1150. The van der Waals surface area contributed by atoms with Gasteiger partial charge >= 0.3 is 17.7 Å². The van der Waals surface area contributed by atoms with Crippen molar-refractivity contribution in [2.75, 3.05) is 13.7 Å². The second-order valence-corrected chi connectivity index (χ2v) is 7.25. The Kier molecular flexibility index (Phi) is 6.73. The molecule has 3 amide bonds. The van der Waals surface area contributed by atoms with Gasteiger partial charge in [0.2, 0.25) is 11.5 Å². The molecule has 0 atom stereocenters. The first kappa shape index (κ1) is 22.7. The highest BCUT2D eigenvalue weighted by molar-refractivity contribution is 9.10. The van der Waals surface area contributed by atoms with Gasteiger partial charge in [0.05, 0.1) is 18.6 Å². The van der Waals surface area contributed by atoms with Gasteiger partial charge in [-0.15, -0.1) is 0 Å². The fourth-order valence-electron chi connectivity index (χ4n) is 2.84. The molecule has 2 aromatic rings. The lowest BCUT2D eigenvalue weighted by atomic mass is 10.1. The van der Waals surface area contributed by atoms with Crippen molar-refractivity contribution in [3.05, 3.63) is 74.3 Å². The highest BCUT2D eigenvalue weighted by Gasteiger charge is 2.35. The molecule has 0 spiro atoms. The van der Waals surface area contributed by atoms with Gasteiger partial charge in [0.15, 0.2) is 0 Å². The van der Waals surface area contributed by atoms with Crippen LogP contribution in [0.1, 0.15) is 21.9 Å². The number of benzene rings is 1. The fourth-order valence-corrected chi connectivity index (χ4v) is 3.31. The van der Waals surface area contributed by atoms with Crippen LogP contribution >= 0.6 is 15.9 Å². The molecule has 2 heterocycles. The lowest BCUT2D eigenvalue weighted by Crippen LogP contribution is -2.30. The molecule has 1 aliphatic rings. The largest absolute Gasteiger partial charge is 0.482 e. The van der Waals surface area contributed by atoms with Crippen LogP contribution in [0.25, 0.3) is 6.08 Å². The number of methoxy groups -OCH3 is 1. The Morgan fingerprint density at radius 1 is 1.38 bits per heavy atom. The first-order valence-electron chi connectivity index (χ1n) is 8.98. The predicted octanol–water partition coefficient (Wildman–Crippen LogP) is 3.39. The highest BCUT2D eigenvalue weighted by atomic mass is 79.9. The van der Waals surface area contributed by atoms with Gasteiger partial charge in [-0.2, -0.15) is 0 Å². The Balaban J connectivity index is 1.91. The quantitative estimate of drug-likeness (QED) is 0.143. The number of furan rings is 1. The van der Waals surface area contributed by atoms with Crippen molar-refractivity contribution in [1.82, 2.24) is 10.2 Å². The number of hydrogen-bond acceptors (Lipinski definition) is 8. The topological polar surface area (TPSA) is 141 Å². The summed E-state index contributed by atoms with van der Waals surface area (Å²) < 4.78 is 15.7. The van der Waals surface area contributed by atoms with Crippen LogP contribution < -0.4 is 10.1 Å². The van der Waals surface area contributed by atoms with E-state index in [1.807, 2.05) is 0 Å². The number of imide groups is 1. The van der Waals surface area contributed by atoms with Crippen molar-refractivity contribution in [2.45, 2.75) is 6.54 Å². The summed E-state index contributed by atoms with van der Waals surface area (Å²) in [7, 11) is 1.19. The van der Waals surface area contributed by atoms with E-state index in [0.29, 0.717) is 4.47 Å². The van der Waals surface area contributed by atoms with E-state index >= 15 is 0 Å². The molecule has 1 saturated heterocycles. The Morgan fingerprint density at radius 2 is 2.12 bits per heavy atom. The molecule has 1 aliphatic heterocycles. The molecular formula is C20H16BrN3O8. The molecule has 1 N–H and O–H groups in total. The first-order valence-corrected chi connectivity index (χ1v) is 9.77. The molecule has 1 aromatic heterocycles. The first-order chi connectivity index (χ1) is 15.2. The number of rotatable bonds is 8. The van der Waals surface area contributed by atoms with Gasteiger partial charge in [-0.25, -0.2) is 9.59 Å². The van der Waals surface area contributed by atoms with Crippen LogP contribution in [0.5, 0.6) is 5.75 Å². The van der Waals surface area contributed by atoms with E-state index in [0.717, 1.165) is 4.90 Å². The number of hydrogen-bond donors (Lipinski definition) is 1. The number of carbonyl (C=O) groups is 3. The molecule has 11 nitrogen and oxygen atoms in total. The van der Waals surface area contributed by atoms with Crippen LogP contribution in [0.2, 0.25) is 0 Å². The van der Waals surface area contributed by atoms with E-state index < -0.39 is 22.8 Å². The summed E-state index contributed by atoms with van der Waals surface area (Å²) in [5, 5.41) is 13.9. The molecule has 0 saturated carbocycles. The minimum absolute atomic E-state index is 0.00784. The number of carbonyl (C=O) groups excluding carboxylic acids is 3. The molecule has 32 heavy (non-hydrogen) atoms. The summed E-state index contributed by atoms with van der Waals surface area (Å²) in [5.41, 5.74) is -0.248. The van der Waals surface area contributed by atoms with Crippen molar-refractivity contribution >= 4 is 45.6 Å². The zero-order valence-corrected chi connectivity index (χ0v) is 18.2. The lowest BCUT2D eigenvalue weighted by molar-refractivity contribution is -0.385. The standard InChI is InChI=1S/C20H16BrN3O8/c1-3-6-31-17-11(7-12(21)9-15(17)24(28)29)8-14-18(25)23(20(27)22-14)10-13-4-5-16(32-13)19(26)30-2/h3-5,7-9H,1,6,10H2,2H3,(H,22,27)/b14-8-. The molecule has 166 valence electrons. The molecule has 0 unspecified atom stereocenters. The summed E-state index contributed by atoms with van der Waals surface area (Å²) in [5.74, 6) is -1.36. The van der Waals surface area contributed by atoms with Crippen LogP contribution in [0.4, 0.5) is 10.5 Å². The third kappa shape index (κ3) is 4.70. The highest BCUT2D eigenvalue weighted by Crippen LogP contribution is 2.36. The van der Waals surface area contributed by atoms with E-state index in [2.05, 4.69) is 32.6 Å². The molecule has 0 aliphatic carbocycles. The van der Waals surface area contributed by atoms with E-state index in [1.54, 1.807) is 0 Å². The van der Waals surface area contributed by atoms with E-state index in [-0.39, 0.29) is 47.4 Å². The average molecular weight is 506 g/mol. The molecule has 0 radical (unpaired) electrons. The van der Waals surface area contributed by atoms with Crippen molar-refractivity contribution in [3.8, 4) is 5.75 Å². The molecule has 3 rings (SSSR count). The van der Waals surface area contributed by atoms with Gasteiger partial charge in [-0.05, 0) is 24.3 Å². The fraction of sp³-hybridized carbons (Fsp3) is 0.150. The Labute approximate surface area is 189 Å². The normalized spacial score (nSPS) is 14.4. The second kappa shape index (κ2) is 9.47. The zero-order chi connectivity index (χ0) is 23.4. The molecule has 1 fully saturated rings. The number of halogens is 1. The van der Waals surface area contributed by atoms with Crippen LogP contribution in [-0.4, -0.2) is 41.4 Å². The maximum absolute atomic E-state index is 12.8. The second-order valence-electron chi connectivity index (χ2n) is 6.34. The van der Waals surface area contributed by atoms with E-state index in [4.69, 9.17) is 9.15 Å². The maximum atomic E-state index is 12.8. The number of nitrogens with one attached hydrogen (secondary N) is 1. The zero-order valence-electron chi connectivity index (χ0n) is 16.6. The molecule has 12 heteroatoms. The minimum atomic E-state index is -0.727. The number of nitro groups is 1. The summed E-state index contributed by atoms with van der Waals surface area (Å²) in [4.78, 5) is 48.3. The van der Waals surface area contributed by atoms with Gasteiger partial charge in [0.1, 0.15) is 18.1 Å². The number of ether oxygens (including phenoxy) is 2. The van der Waals surface area contributed by atoms with Crippen LogP contribution in [0.15, 0.2) is 51.5 Å². The summed E-state index contributed by atoms with van der Waals surface area (Å²) >= 11 is 3.19. The van der Waals surface area contributed by atoms with Gasteiger partial charge < -0.3 is 19.2 Å². The number of amides is 3. The lowest BCUT2D eigenvalue weighted by Gasteiger charge is -2.10.